The normalized spacial score (nSPS) is 12.8. The molecule has 4 heteroatoms. The third-order valence-electron chi connectivity index (χ3n) is 4.61. The Morgan fingerprint density at radius 3 is 2.67 bits per heavy atom. The zero-order chi connectivity index (χ0) is 16.5. The van der Waals surface area contributed by atoms with Crippen LogP contribution in [0.25, 0.3) is 5.69 Å². The summed E-state index contributed by atoms with van der Waals surface area (Å²) in [5.41, 5.74) is 6.12. The fraction of sp³-hybridized carbons (Fsp3) is 0.250. The van der Waals surface area contributed by atoms with Gasteiger partial charge in [0.05, 0.1) is 18.5 Å². The van der Waals surface area contributed by atoms with Gasteiger partial charge in [-0.05, 0) is 42.7 Å². The van der Waals surface area contributed by atoms with E-state index in [1.54, 1.807) is 7.11 Å². The Morgan fingerprint density at radius 2 is 1.92 bits per heavy atom. The number of rotatable bonds is 4. The van der Waals surface area contributed by atoms with E-state index in [9.17, 15) is 0 Å². The average Bonchev–Trinajstić information content (AvgIpc) is 3.20. The first-order valence-electron chi connectivity index (χ1n) is 8.30. The molecule has 0 aliphatic carbocycles. The topological polar surface area (TPSA) is 39.1 Å². The summed E-state index contributed by atoms with van der Waals surface area (Å²) in [5, 5.41) is 8.42. The molecule has 0 radical (unpaired) electrons. The van der Waals surface area contributed by atoms with Gasteiger partial charge in [-0.1, -0.05) is 30.3 Å². The Labute approximate surface area is 142 Å². The Bertz CT molecular complexity index is 865. The van der Waals surface area contributed by atoms with Crippen LogP contribution in [0.2, 0.25) is 0 Å². The highest BCUT2D eigenvalue weighted by Gasteiger charge is 2.23. The molecule has 0 spiro atoms. The van der Waals surface area contributed by atoms with Gasteiger partial charge in [0.25, 0.3) is 0 Å². The Balaban J connectivity index is 1.72. The number of aryl methyl sites for hydroxylation is 1. The zero-order valence-electron chi connectivity index (χ0n) is 14.0. The molecule has 1 aromatic heterocycles. The summed E-state index contributed by atoms with van der Waals surface area (Å²) in [6.07, 6.45) is 1.87. The lowest BCUT2D eigenvalue weighted by Crippen LogP contribution is -2.06. The number of anilines is 1. The molecular formula is C20H21N3O. The van der Waals surface area contributed by atoms with Crippen molar-refractivity contribution < 1.29 is 4.74 Å². The number of hydrogen-bond donors (Lipinski definition) is 1. The van der Waals surface area contributed by atoms with Crippen molar-refractivity contribution in [3.05, 3.63) is 70.9 Å². The van der Waals surface area contributed by atoms with Crippen LogP contribution in [0.3, 0.4) is 0 Å². The number of aromatic nitrogens is 2. The second kappa shape index (κ2) is 6.04. The molecule has 0 atom stereocenters. The molecule has 2 heterocycles. The summed E-state index contributed by atoms with van der Waals surface area (Å²) in [7, 11) is 1.69. The van der Waals surface area contributed by atoms with Gasteiger partial charge in [0, 0.05) is 18.5 Å². The fourth-order valence-electron chi connectivity index (χ4n) is 3.30. The predicted octanol–water partition coefficient (Wildman–Crippen LogP) is 3.75. The van der Waals surface area contributed by atoms with Crippen LogP contribution in [0.15, 0.2) is 48.5 Å². The highest BCUT2D eigenvalue weighted by atomic mass is 16.5. The van der Waals surface area contributed by atoms with Gasteiger partial charge in [-0.15, -0.1) is 0 Å². The van der Waals surface area contributed by atoms with E-state index in [-0.39, 0.29) is 0 Å². The van der Waals surface area contributed by atoms with E-state index in [2.05, 4.69) is 53.3 Å². The van der Waals surface area contributed by atoms with Gasteiger partial charge in [0.15, 0.2) is 0 Å². The van der Waals surface area contributed by atoms with Gasteiger partial charge in [0.2, 0.25) is 0 Å². The monoisotopic (exact) mass is 319 g/mol. The van der Waals surface area contributed by atoms with E-state index in [1.165, 1.54) is 16.7 Å². The molecule has 0 bridgehead atoms. The summed E-state index contributed by atoms with van der Waals surface area (Å²) in [6, 6.07) is 16.6. The molecule has 0 unspecified atom stereocenters. The van der Waals surface area contributed by atoms with Gasteiger partial charge in [-0.2, -0.15) is 5.10 Å². The molecule has 1 aliphatic heterocycles. The van der Waals surface area contributed by atoms with Crippen molar-refractivity contribution >= 4 is 5.82 Å². The molecule has 122 valence electrons. The van der Waals surface area contributed by atoms with Gasteiger partial charge in [-0.3, -0.25) is 0 Å². The molecular weight excluding hydrogens is 298 g/mol. The maximum atomic E-state index is 5.24. The highest BCUT2D eigenvalue weighted by molar-refractivity contribution is 5.59. The largest absolute Gasteiger partial charge is 0.497 e. The van der Waals surface area contributed by atoms with Gasteiger partial charge >= 0.3 is 0 Å². The number of nitrogens with one attached hydrogen (secondary N) is 1. The van der Waals surface area contributed by atoms with Crippen molar-refractivity contribution in [2.75, 3.05) is 19.0 Å². The van der Waals surface area contributed by atoms with Crippen LogP contribution in [0.5, 0.6) is 5.75 Å². The summed E-state index contributed by atoms with van der Waals surface area (Å²) in [6.45, 7) is 3.11. The molecule has 0 amide bonds. The Morgan fingerprint density at radius 1 is 1.12 bits per heavy atom. The first-order valence-corrected chi connectivity index (χ1v) is 8.30. The van der Waals surface area contributed by atoms with E-state index < -0.39 is 0 Å². The summed E-state index contributed by atoms with van der Waals surface area (Å²) >= 11 is 0. The van der Waals surface area contributed by atoms with E-state index in [4.69, 9.17) is 9.84 Å². The molecule has 2 aromatic carbocycles. The number of nitrogens with zero attached hydrogens (tertiary/aromatic N) is 2. The maximum absolute atomic E-state index is 5.24. The fourth-order valence-corrected chi connectivity index (χ4v) is 3.30. The molecule has 4 nitrogen and oxygen atoms in total. The Hall–Kier alpha value is -2.75. The van der Waals surface area contributed by atoms with Crippen LogP contribution in [-0.2, 0) is 12.8 Å². The summed E-state index contributed by atoms with van der Waals surface area (Å²) in [4.78, 5) is 0. The number of benzene rings is 2. The van der Waals surface area contributed by atoms with Gasteiger partial charge < -0.3 is 10.1 Å². The molecule has 24 heavy (non-hydrogen) atoms. The van der Waals surface area contributed by atoms with Crippen molar-refractivity contribution in [2.45, 2.75) is 19.8 Å². The van der Waals surface area contributed by atoms with E-state index in [1.807, 2.05) is 12.1 Å². The predicted molar refractivity (Wildman–Crippen MR) is 96.3 cm³/mol. The lowest BCUT2D eigenvalue weighted by atomic mass is 10.1. The second-order valence-electron chi connectivity index (χ2n) is 6.17. The van der Waals surface area contributed by atoms with Crippen LogP contribution in [-0.4, -0.2) is 23.4 Å². The number of para-hydroxylation sites is 1. The molecule has 4 rings (SSSR count). The smallest absolute Gasteiger partial charge is 0.133 e. The molecule has 3 aromatic rings. The van der Waals surface area contributed by atoms with Crippen LogP contribution >= 0.6 is 0 Å². The van der Waals surface area contributed by atoms with Gasteiger partial charge in [0.1, 0.15) is 11.6 Å². The average molecular weight is 319 g/mol. The number of ether oxygens (including phenoxy) is 1. The molecule has 1 N–H and O–H groups in total. The van der Waals surface area contributed by atoms with Crippen LogP contribution in [0.4, 0.5) is 5.82 Å². The van der Waals surface area contributed by atoms with E-state index >= 15 is 0 Å². The number of methoxy groups -OCH3 is 1. The van der Waals surface area contributed by atoms with Crippen molar-refractivity contribution in [3.8, 4) is 11.4 Å². The minimum absolute atomic E-state index is 0.840. The zero-order valence-corrected chi connectivity index (χ0v) is 14.0. The quantitative estimate of drug-likeness (QED) is 0.796. The lowest BCUT2D eigenvalue weighted by Gasteiger charge is -2.09. The van der Waals surface area contributed by atoms with Crippen molar-refractivity contribution in [1.29, 1.82) is 0 Å². The standard InChI is InChI=1S/C20H21N3O/c1-14-5-3-4-6-19(14)23-20-17(11-12-21-20)18(22-23)13-15-7-9-16(24-2)10-8-15/h3-10,21H,11-13H2,1-2H3. The molecule has 0 saturated heterocycles. The summed E-state index contributed by atoms with van der Waals surface area (Å²) < 4.78 is 7.30. The van der Waals surface area contributed by atoms with E-state index in [0.717, 1.165) is 42.3 Å². The molecule has 0 fully saturated rings. The van der Waals surface area contributed by atoms with E-state index in [0.29, 0.717) is 0 Å². The van der Waals surface area contributed by atoms with Crippen molar-refractivity contribution in [1.82, 2.24) is 9.78 Å². The first kappa shape index (κ1) is 14.8. The van der Waals surface area contributed by atoms with Crippen molar-refractivity contribution in [2.24, 2.45) is 0 Å². The van der Waals surface area contributed by atoms with Crippen molar-refractivity contribution in [3.63, 3.8) is 0 Å². The minimum Gasteiger partial charge on any atom is -0.497 e. The van der Waals surface area contributed by atoms with Crippen LogP contribution in [0.1, 0.15) is 22.4 Å². The van der Waals surface area contributed by atoms with Crippen LogP contribution in [0, 0.1) is 6.92 Å². The number of fused-ring (bicyclic) bond motifs is 1. The second-order valence-corrected chi connectivity index (χ2v) is 6.17. The Kier molecular flexibility index (Phi) is 3.73. The molecule has 1 aliphatic rings. The third-order valence-corrected chi connectivity index (χ3v) is 4.61. The number of hydrogen-bond acceptors (Lipinski definition) is 3. The third kappa shape index (κ3) is 2.54. The molecule has 0 saturated carbocycles. The minimum atomic E-state index is 0.840. The van der Waals surface area contributed by atoms with Crippen LogP contribution < -0.4 is 10.1 Å². The first-order chi connectivity index (χ1) is 11.8. The van der Waals surface area contributed by atoms with Gasteiger partial charge in [-0.25, -0.2) is 4.68 Å². The lowest BCUT2D eigenvalue weighted by molar-refractivity contribution is 0.414. The SMILES string of the molecule is COc1ccc(Cc2nn(-c3ccccc3C)c3c2CCN3)cc1. The summed E-state index contributed by atoms with van der Waals surface area (Å²) in [5.74, 6) is 2.03. The highest BCUT2D eigenvalue weighted by Crippen LogP contribution is 2.31. The maximum Gasteiger partial charge on any atom is 0.133 e.